The molecule has 0 fully saturated rings. The van der Waals surface area contributed by atoms with Crippen LogP contribution in [0.1, 0.15) is 21.5 Å². The summed E-state index contributed by atoms with van der Waals surface area (Å²) in [5.74, 6) is 0.560. The lowest BCUT2D eigenvalue weighted by Gasteiger charge is -2.06. The van der Waals surface area contributed by atoms with E-state index in [-0.39, 0.29) is 11.7 Å². The van der Waals surface area contributed by atoms with E-state index in [9.17, 15) is 9.90 Å². The van der Waals surface area contributed by atoms with Crippen molar-refractivity contribution in [3.05, 3.63) is 95.6 Å². The van der Waals surface area contributed by atoms with E-state index in [0.29, 0.717) is 12.2 Å². The first-order valence-corrected chi connectivity index (χ1v) is 8.60. The molecule has 0 saturated heterocycles. The van der Waals surface area contributed by atoms with E-state index in [1.54, 1.807) is 6.21 Å². The van der Waals surface area contributed by atoms with E-state index in [1.807, 2.05) is 42.5 Å². The smallest absolute Gasteiger partial charge is 0.271 e. The fourth-order valence-electron chi connectivity index (χ4n) is 2.42. The minimum absolute atomic E-state index is 0.112. The number of carbonyl (C=O) groups is 1. The molecule has 0 aromatic heterocycles. The summed E-state index contributed by atoms with van der Waals surface area (Å²) in [6.45, 7) is 0.611. The quantitative estimate of drug-likeness (QED) is 0.498. The van der Waals surface area contributed by atoms with Crippen LogP contribution in [0.4, 0.5) is 0 Å². The predicted octanol–water partition coefficient (Wildman–Crippen LogP) is 3.78. The Morgan fingerprint density at radius 1 is 0.963 bits per heavy atom. The second kappa shape index (κ2) is 9.20. The molecule has 3 rings (SSSR count). The molecule has 0 radical (unpaired) electrons. The number of hydrogen-bond acceptors (Lipinski definition) is 4. The molecular formula is C22H20N2O3. The van der Waals surface area contributed by atoms with Crippen molar-refractivity contribution >= 4 is 12.1 Å². The average molecular weight is 360 g/mol. The number of ether oxygens (including phenoxy) is 1. The second-order valence-corrected chi connectivity index (χ2v) is 5.90. The van der Waals surface area contributed by atoms with Gasteiger partial charge in [0.05, 0.1) is 12.8 Å². The molecule has 0 heterocycles. The molecule has 0 unspecified atom stereocenters. The van der Waals surface area contributed by atoms with Crippen LogP contribution < -0.4 is 10.2 Å². The number of nitrogens with zero attached hydrogens (tertiary/aromatic N) is 1. The summed E-state index contributed by atoms with van der Waals surface area (Å²) in [4.78, 5) is 11.9. The normalized spacial score (nSPS) is 10.7. The topological polar surface area (TPSA) is 70.9 Å². The maximum absolute atomic E-state index is 11.9. The maximum atomic E-state index is 11.9. The fraction of sp³-hybridized carbons (Fsp3) is 0.0909. The minimum atomic E-state index is -0.341. The number of aromatic hydroxyl groups is 1. The molecule has 3 aromatic carbocycles. The van der Waals surface area contributed by atoms with Crippen LogP contribution in [0, 0.1) is 0 Å². The summed E-state index contributed by atoms with van der Waals surface area (Å²) in [6.07, 6.45) is 2.42. The fourth-order valence-corrected chi connectivity index (χ4v) is 2.42. The lowest BCUT2D eigenvalue weighted by Crippen LogP contribution is -2.17. The van der Waals surface area contributed by atoms with Gasteiger partial charge in [-0.25, -0.2) is 5.43 Å². The molecule has 0 bridgehead atoms. The molecule has 136 valence electrons. The molecule has 0 aliphatic carbocycles. The van der Waals surface area contributed by atoms with Crippen LogP contribution in [0.25, 0.3) is 0 Å². The molecule has 5 heteroatoms. The predicted molar refractivity (Wildman–Crippen MR) is 105 cm³/mol. The van der Waals surface area contributed by atoms with Crippen LogP contribution in [0.3, 0.4) is 0 Å². The molecule has 0 aliphatic heterocycles. The molecule has 0 atom stereocenters. The largest absolute Gasteiger partial charge is 0.508 e. The highest BCUT2D eigenvalue weighted by Crippen LogP contribution is 2.12. The van der Waals surface area contributed by atoms with Crippen LogP contribution in [-0.4, -0.2) is 23.8 Å². The lowest BCUT2D eigenvalue weighted by atomic mass is 10.2. The number of rotatable bonds is 7. The van der Waals surface area contributed by atoms with Crippen molar-refractivity contribution in [3.8, 4) is 11.5 Å². The van der Waals surface area contributed by atoms with Gasteiger partial charge in [0.1, 0.15) is 11.5 Å². The van der Waals surface area contributed by atoms with Crippen LogP contribution in [0.5, 0.6) is 11.5 Å². The monoisotopic (exact) mass is 360 g/mol. The first-order chi connectivity index (χ1) is 13.2. The van der Waals surface area contributed by atoms with Crippen molar-refractivity contribution in [1.29, 1.82) is 0 Å². The van der Waals surface area contributed by atoms with E-state index >= 15 is 0 Å². The summed E-state index contributed by atoms with van der Waals surface area (Å²) in [7, 11) is 0. The first kappa shape index (κ1) is 18.2. The Labute approximate surface area is 157 Å². The van der Waals surface area contributed by atoms with Crippen LogP contribution >= 0.6 is 0 Å². The third kappa shape index (κ3) is 5.71. The molecule has 2 N–H and O–H groups in total. The van der Waals surface area contributed by atoms with E-state index in [4.69, 9.17) is 4.74 Å². The summed E-state index contributed by atoms with van der Waals surface area (Å²) in [5.41, 5.74) is 4.96. The van der Waals surface area contributed by atoms with Crippen molar-refractivity contribution in [1.82, 2.24) is 5.43 Å². The van der Waals surface area contributed by atoms with E-state index < -0.39 is 0 Å². The van der Waals surface area contributed by atoms with Gasteiger partial charge in [0.15, 0.2) is 0 Å². The number of amides is 1. The molecule has 0 aliphatic rings. The number of benzene rings is 3. The Morgan fingerprint density at radius 2 is 1.67 bits per heavy atom. The Balaban J connectivity index is 1.46. The van der Waals surface area contributed by atoms with Crippen LogP contribution in [0.15, 0.2) is 84.0 Å². The summed E-state index contributed by atoms with van der Waals surface area (Å²) in [6, 6.07) is 23.6. The number of phenolic OH excluding ortho intramolecular Hbond substituents is 1. The van der Waals surface area contributed by atoms with Gasteiger partial charge < -0.3 is 9.84 Å². The van der Waals surface area contributed by atoms with Gasteiger partial charge in [-0.2, -0.15) is 5.10 Å². The van der Waals surface area contributed by atoms with Crippen LogP contribution in [0.2, 0.25) is 0 Å². The Bertz CT molecular complexity index is 889. The zero-order chi connectivity index (χ0) is 18.9. The Morgan fingerprint density at radius 3 is 2.37 bits per heavy atom. The van der Waals surface area contributed by atoms with E-state index in [2.05, 4.69) is 22.7 Å². The molecule has 3 aromatic rings. The second-order valence-electron chi connectivity index (χ2n) is 5.90. The highest BCUT2D eigenvalue weighted by Gasteiger charge is 2.03. The van der Waals surface area contributed by atoms with Gasteiger partial charge in [0.25, 0.3) is 5.91 Å². The van der Waals surface area contributed by atoms with Crippen molar-refractivity contribution in [2.45, 2.75) is 6.42 Å². The van der Waals surface area contributed by atoms with Gasteiger partial charge in [0.2, 0.25) is 0 Å². The Kier molecular flexibility index (Phi) is 6.20. The summed E-state index contributed by atoms with van der Waals surface area (Å²) >= 11 is 0. The molecule has 1 amide bonds. The van der Waals surface area contributed by atoms with Gasteiger partial charge in [-0.3, -0.25) is 4.79 Å². The maximum Gasteiger partial charge on any atom is 0.271 e. The van der Waals surface area contributed by atoms with Gasteiger partial charge in [-0.1, -0.05) is 30.3 Å². The van der Waals surface area contributed by atoms with Crippen LogP contribution in [-0.2, 0) is 6.42 Å². The SMILES string of the molecule is O=C(N/N=C/c1ccc(OCCc2ccccc2)cc1)c1ccc(O)cc1. The zero-order valence-electron chi connectivity index (χ0n) is 14.7. The number of carbonyl (C=O) groups excluding carboxylic acids is 1. The van der Waals surface area contributed by atoms with E-state index in [0.717, 1.165) is 17.7 Å². The third-order valence-corrected chi connectivity index (χ3v) is 3.89. The van der Waals surface area contributed by atoms with Crippen molar-refractivity contribution in [3.63, 3.8) is 0 Å². The lowest BCUT2D eigenvalue weighted by molar-refractivity contribution is 0.0955. The average Bonchev–Trinajstić information content (AvgIpc) is 2.70. The summed E-state index contributed by atoms with van der Waals surface area (Å²) in [5, 5.41) is 13.2. The van der Waals surface area contributed by atoms with E-state index in [1.165, 1.54) is 29.8 Å². The molecule has 5 nitrogen and oxygen atoms in total. The standard InChI is InChI=1S/C22H20N2O3/c25-20-10-8-19(9-11-20)22(26)24-23-16-18-6-12-21(13-7-18)27-15-14-17-4-2-1-3-5-17/h1-13,16,25H,14-15H2,(H,24,26)/b23-16+. The molecule has 27 heavy (non-hydrogen) atoms. The van der Waals surface area contributed by atoms with Gasteiger partial charge in [-0.15, -0.1) is 0 Å². The van der Waals surface area contributed by atoms with Crippen molar-refractivity contribution in [2.24, 2.45) is 5.10 Å². The van der Waals surface area contributed by atoms with Gasteiger partial charge in [-0.05, 0) is 59.7 Å². The third-order valence-electron chi connectivity index (χ3n) is 3.89. The first-order valence-electron chi connectivity index (χ1n) is 8.60. The highest BCUT2D eigenvalue weighted by molar-refractivity contribution is 5.94. The number of hydrazone groups is 1. The molecule has 0 spiro atoms. The van der Waals surface area contributed by atoms with Crippen molar-refractivity contribution < 1.29 is 14.6 Å². The number of nitrogens with one attached hydrogen (secondary N) is 1. The highest BCUT2D eigenvalue weighted by atomic mass is 16.5. The minimum Gasteiger partial charge on any atom is -0.508 e. The van der Waals surface area contributed by atoms with Gasteiger partial charge in [0, 0.05) is 12.0 Å². The zero-order valence-corrected chi connectivity index (χ0v) is 14.7. The molecule has 0 saturated carbocycles. The number of hydrogen-bond donors (Lipinski definition) is 2. The Hall–Kier alpha value is -3.60. The van der Waals surface area contributed by atoms with Crippen molar-refractivity contribution in [2.75, 3.05) is 6.61 Å². The molecular weight excluding hydrogens is 340 g/mol. The number of phenols is 1. The summed E-state index contributed by atoms with van der Waals surface area (Å²) < 4.78 is 5.74. The van der Waals surface area contributed by atoms with Gasteiger partial charge >= 0.3 is 0 Å².